The summed E-state index contributed by atoms with van der Waals surface area (Å²) < 4.78 is 0. The summed E-state index contributed by atoms with van der Waals surface area (Å²) in [7, 11) is 0. The number of hydrogen-bond acceptors (Lipinski definition) is 2. The molecule has 92 valence electrons. The zero-order valence-corrected chi connectivity index (χ0v) is 11.0. The fourth-order valence-electron chi connectivity index (χ4n) is 3.47. The van der Waals surface area contributed by atoms with Gasteiger partial charge < -0.3 is 5.11 Å². The Morgan fingerprint density at radius 3 is 2.76 bits per heavy atom. The van der Waals surface area contributed by atoms with Crippen molar-refractivity contribution in [3.05, 3.63) is 29.8 Å². The van der Waals surface area contributed by atoms with E-state index in [-0.39, 0.29) is 5.41 Å². The molecule has 0 amide bonds. The van der Waals surface area contributed by atoms with Crippen LogP contribution in [0.3, 0.4) is 0 Å². The van der Waals surface area contributed by atoms with Crippen molar-refractivity contribution in [3.8, 4) is 0 Å². The van der Waals surface area contributed by atoms with Crippen LogP contribution >= 0.6 is 11.8 Å². The lowest BCUT2D eigenvalue weighted by atomic mass is 9.77. The zero-order valence-electron chi connectivity index (χ0n) is 10.2. The van der Waals surface area contributed by atoms with E-state index in [1.54, 1.807) is 0 Å². The van der Waals surface area contributed by atoms with Gasteiger partial charge in [-0.1, -0.05) is 31.0 Å². The van der Waals surface area contributed by atoms with Gasteiger partial charge in [-0.2, -0.15) is 0 Å². The summed E-state index contributed by atoms with van der Waals surface area (Å²) in [4.78, 5) is 1.46. The van der Waals surface area contributed by atoms with E-state index in [1.807, 2.05) is 11.8 Å². The van der Waals surface area contributed by atoms with Crippen molar-refractivity contribution in [2.75, 3.05) is 12.4 Å². The van der Waals surface area contributed by atoms with Gasteiger partial charge in [-0.15, -0.1) is 11.8 Å². The molecule has 0 radical (unpaired) electrons. The molecule has 2 heteroatoms. The molecule has 1 aliphatic carbocycles. The fraction of sp³-hybridized carbons (Fsp3) is 0.600. The molecule has 1 atom stereocenters. The maximum atomic E-state index is 9.72. The fourth-order valence-corrected chi connectivity index (χ4v) is 4.73. The number of fused-ring (bicyclic) bond motifs is 1. The van der Waals surface area contributed by atoms with Crippen LogP contribution in [0.25, 0.3) is 0 Å². The van der Waals surface area contributed by atoms with Gasteiger partial charge in [-0.3, -0.25) is 0 Å². The van der Waals surface area contributed by atoms with Crippen LogP contribution in [0.5, 0.6) is 0 Å². The molecule has 0 saturated heterocycles. The van der Waals surface area contributed by atoms with Crippen molar-refractivity contribution in [1.82, 2.24) is 0 Å². The first-order chi connectivity index (χ1) is 8.33. The van der Waals surface area contributed by atoms with Crippen molar-refractivity contribution in [1.29, 1.82) is 0 Å². The zero-order chi connectivity index (χ0) is 11.7. The Labute approximate surface area is 108 Å². The third-order valence-corrected chi connectivity index (χ3v) is 5.73. The molecule has 1 unspecified atom stereocenters. The Kier molecular flexibility index (Phi) is 3.18. The predicted molar refractivity (Wildman–Crippen MR) is 72.5 cm³/mol. The number of thioether (sulfide) groups is 1. The van der Waals surface area contributed by atoms with E-state index in [9.17, 15) is 5.11 Å². The molecule has 1 aromatic rings. The summed E-state index contributed by atoms with van der Waals surface area (Å²) in [6.45, 7) is 0.385. The van der Waals surface area contributed by atoms with Crippen LogP contribution in [0.4, 0.5) is 0 Å². The van der Waals surface area contributed by atoms with Gasteiger partial charge in [0.05, 0.1) is 0 Å². The molecule has 0 bridgehead atoms. The van der Waals surface area contributed by atoms with Crippen LogP contribution in [-0.4, -0.2) is 17.5 Å². The van der Waals surface area contributed by atoms with Crippen LogP contribution in [0, 0.1) is 5.41 Å². The lowest BCUT2D eigenvalue weighted by molar-refractivity contribution is 0.115. The third-order valence-electron chi connectivity index (χ3n) is 4.48. The lowest BCUT2D eigenvalue weighted by Crippen LogP contribution is -2.24. The van der Waals surface area contributed by atoms with Gasteiger partial charge in [0.25, 0.3) is 0 Å². The molecule has 1 heterocycles. The largest absolute Gasteiger partial charge is 0.396 e. The molecule has 2 aliphatic rings. The Balaban J connectivity index is 1.79. The minimum absolute atomic E-state index is 0.239. The van der Waals surface area contributed by atoms with Crippen molar-refractivity contribution in [3.63, 3.8) is 0 Å². The van der Waals surface area contributed by atoms with Crippen molar-refractivity contribution < 1.29 is 5.11 Å². The van der Waals surface area contributed by atoms with Gasteiger partial charge in [0.1, 0.15) is 0 Å². The molecule has 0 spiro atoms. The second-order valence-corrected chi connectivity index (χ2v) is 6.68. The molecule has 1 nitrogen and oxygen atoms in total. The van der Waals surface area contributed by atoms with Crippen LogP contribution in [0.1, 0.15) is 43.6 Å². The Hall–Kier alpha value is -0.470. The smallest absolute Gasteiger partial charge is 0.0487 e. The molecule has 1 N–H and O–H groups in total. The van der Waals surface area contributed by atoms with E-state index in [0.717, 1.165) is 0 Å². The molecule has 17 heavy (non-hydrogen) atoms. The molecular weight excluding hydrogens is 228 g/mol. The lowest BCUT2D eigenvalue weighted by Gasteiger charge is -2.29. The average molecular weight is 248 g/mol. The van der Waals surface area contributed by atoms with Crippen molar-refractivity contribution in [2.24, 2.45) is 5.41 Å². The minimum Gasteiger partial charge on any atom is -0.396 e. The van der Waals surface area contributed by atoms with Gasteiger partial charge in [-0.05, 0) is 42.2 Å². The Morgan fingerprint density at radius 1 is 1.24 bits per heavy atom. The number of aliphatic hydroxyl groups excluding tert-OH is 1. The molecule has 1 aliphatic heterocycles. The monoisotopic (exact) mass is 248 g/mol. The second kappa shape index (κ2) is 4.66. The molecule has 1 fully saturated rings. The van der Waals surface area contributed by atoms with E-state index in [4.69, 9.17) is 0 Å². The van der Waals surface area contributed by atoms with E-state index in [2.05, 4.69) is 24.3 Å². The predicted octanol–water partition coefficient (Wildman–Crippen LogP) is 3.82. The third kappa shape index (κ3) is 2.13. The first-order valence-corrected chi connectivity index (χ1v) is 7.64. The van der Waals surface area contributed by atoms with Gasteiger partial charge in [0.15, 0.2) is 0 Å². The summed E-state index contributed by atoms with van der Waals surface area (Å²) in [5.41, 5.74) is 1.76. The van der Waals surface area contributed by atoms with E-state index in [0.29, 0.717) is 12.5 Å². The van der Waals surface area contributed by atoms with Gasteiger partial charge in [0.2, 0.25) is 0 Å². The Bertz CT molecular complexity index is 396. The maximum absolute atomic E-state index is 9.72. The highest BCUT2D eigenvalue weighted by atomic mass is 32.2. The van der Waals surface area contributed by atoms with Crippen LogP contribution in [0.15, 0.2) is 29.2 Å². The number of aliphatic hydroxyl groups is 1. The molecule has 0 aromatic heterocycles. The summed E-state index contributed by atoms with van der Waals surface area (Å²) in [6, 6.07) is 8.80. The SMILES string of the molecule is OCC1(CC2CSc3ccccc32)CCCC1. The standard InChI is InChI=1S/C15H20OS/c16-11-15(7-3-4-8-15)9-12-10-17-14-6-2-1-5-13(12)14/h1-2,5-6,12,16H,3-4,7-11H2. The van der Waals surface area contributed by atoms with E-state index in [1.165, 1.54) is 48.3 Å². The summed E-state index contributed by atoms with van der Waals surface area (Å²) in [5, 5.41) is 9.72. The van der Waals surface area contributed by atoms with E-state index >= 15 is 0 Å². The van der Waals surface area contributed by atoms with Crippen LogP contribution in [0.2, 0.25) is 0 Å². The van der Waals surface area contributed by atoms with Crippen molar-refractivity contribution >= 4 is 11.8 Å². The van der Waals surface area contributed by atoms with Gasteiger partial charge in [0, 0.05) is 17.3 Å². The van der Waals surface area contributed by atoms with Crippen molar-refractivity contribution in [2.45, 2.75) is 42.9 Å². The highest BCUT2D eigenvalue weighted by molar-refractivity contribution is 7.99. The number of benzene rings is 1. The highest BCUT2D eigenvalue weighted by Gasteiger charge is 2.37. The number of hydrogen-bond donors (Lipinski definition) is 1. The maximum Gasteiger partial charge on any atom is 0.0487 e. The quantitative estimate of drug-likeness (QED) is 0.877. The summed E-state index contributed by atoms with van der Waals surface area (Å²) in [6.07, 6.45) is 6.26. The topological polar surface area (TPSA) is 20.2 Å². The highest BCUT2D eigenvalue weighted by Crippen LogP contribution is 2.49. The molecule has 1 aromatic carbocycles. The van der Waals surface area contributed by atoms with Gasteiger partial charge in [-0.25, -0.2) is 0 Å². The van der Waals surface area contributed by atoms with Crippen LogP contribution < -0.4 is 0 Å². The first-order valence-electron chi connectivity index (χ1n) is 6.66. The molecule has 1 saturated carbocycles. The first kappa shape index (κ1) is 11.6. The Morgan fingerprint density at radius 2 is 2.00 bits per heavy atom. The summed E-state index contributed by atoms with van der Waals surface area (Å²) >= 11 is 1.99. The summed E-state index contributed by atoms with van der Waals surface area (Å²) in [5.74, 6) is 1.88. The van der Waals surface area contributed by atoms with Crippen LogP contribution in [-0.2, 0) is 0 Å². The van der Waals surface area contributed by atoms with Gasteiger partial charge >= 0.3 is 0 Å². The molecular formula is C15H20OS. The molecule has 3 rings (SSSR count). The number of rotatable bonds is 3. The van der Waals surface area contributed by atoms with E-state index < -0.39 is 0 Å². The minimum atomic E-state index is 0.239. The second-order valence-electron chi connectivity index (χ2n) is 5.62. The normalized spacial score (nSPS) is 26.1. The average Bonchev–Trinajstić information content (AvgIpc) is 2.99.